The van der Waals surface area contributed by atoms with Crippen molar-refractivity contribution in [2.75, 3.05) is 5.32 Å². The summed E-state index contributed by atoms with van der Waals surface area (Å²) in [5.74, 6) is -5.86. The molecule has 10 nitrogen and oxygen atoms in total. The average Bonchev–Trinajstić information content (AvgIpc) is 3.01. The van der Waals surface area contributed by atoms with E-state index in [9.17, 15) is 36.4 Å². The molecule has 1 amide bonds. The second-order valence-electron chi connectivity index (χ2n) is 9.14. The number of aliphatic carboxylic acids is 2. The van der Waals surface area contributed by atoms with Crippen LogP contribution in [0.5, 0.6) is 0 Å². The molecule has 0 aliphatic heterocycles. The fraction of sp³-hybridized carbons (Fsp3) is 0.0968. The number of carbonyl (C=O) groups is 3. The molecule has 0 unspecified atom stereocenters. The summed E-state index contributed by atoms with van der Waals surface area (Å²) in [6, 6.07) is 27.6. The van der Waals surface area contributed by atoms with Crippen LogP contribution in [0.25, 0.3) is 22.4 Å². The van der Waals surface area contributed by atoms with Gasteiger partial charge in [0.15, 0.2) is 0 Å². The number of benzene rings is 3. The van der Waals surface area contributed by atoms with Crippen LogP contribution in [0.15, 0.2) is 84.9 Å². The molecule has 0 atom stereocenters. The summed E-state index contributed by atoms with van der Waals surface area (Å²) >= 11 is 0. The number of amidine groups is 1. The summed E-state index contributed by atoms with van der Waals surface area (Å²) < 4.78 is 63.5. The monoisotopic (exact) mass is 659 g/mol. The van der Waals surface area contributed by atoms with Gasteiger partial charge in [0, 0.05) is 22.5 Å². The number of hydrogen-bond donors (Lipinski definition) is 5. The highest BCUT2D eigenvalue weighted by Gasteiger charge is 2.38. The van der Waals surface area contributed by atoms with Gasteiger partial charge in [-0.15, -0.1) is 0 Å². The van der Waals surface area contributed by atoms with Gasteiger partial charge in [0.05, 0.1) is 22.9 Å². The van der Waals surface area contributed by atoms with E-state index in [-0.39, 0.29) is 11.7 Å². The first-order chi connectivity index (χ1) is 21.8. The van der Waals surface area contributed by atoms with E-state index in [1.54, 1.807) is 48.5 Å². The van der Waals surface area contributed by atoms with Crippen molar-refractivity contribution in [1.29, 1.82) is 10.7 Å². The van der Waals surface area contributed by atoms with Crippen LogP contribution in [-0.4, -0.2) is 51.2 Å². The number of alkyl halides is 6. The molecule has 1 heterocycles. The number of amides is 1. The van der Waals surface area contributed by atoms with Gasteiger partial charge >= 0.3 is 24.3 Å². The molecular formula is C31H23F6N5O5. The zero-order chi connectivity index (χ0) is 35.5. The molecule has 0 radical (unpaired) electrons. The van der Waals surface area contributed by atoms with Crippen LogP contribution in [-0.2, 0) is 9.59 Å². The number of nitriles is 1. The number of halogens is 6. The smallest absolute Gasteiger partial charge is 0.475 e. The molecule has 16 heteroatoms. The van der Waals surface area contributed by atoms with Gasteiger partial charge in [-0.05, 0) is 54.4 Å². The number of nitrogen functional groups attached to an aromatic ring is 1. The molecule has 0 aliphatic carbocycles. The molecule has 4 rings (SSSR count). The second kappa shape index (κ2) is 15.7. The maximum absolute atomic E-state index is 13.1. The zero-order valence-corrected chi connectivity index (χ0v) is 23.9. The largest absolute Gasteiger partial charge is 0.490 e. The number of carbonyl (C=O) groups excluding carboxylic acids is 1. The lowest BCUT2D eigenvalue weighted by atomic mass is 10.00. The maximum atomic E-state index is 13.1. The van der Waals surface area contributed by atoms with Crippen LogP contribution in [0.4, 0.5) is 32.0 Å². The van der Waals surface area contributed by atoms with Crippen LogP contribution in [0.3, 0.4) is 0 Å². The lowest BCUT2D eigenvalue weighted by molar-refractivity contribution is -0.193. The van der Waals surface area contributed by atoms with Gasteiger partial charge in [0.1, 0.15) is 5.84 Å². The molecule has 0 aliphatic rings. The van der Waals surface area contributed by atoms with Gasteiger partial charge in [-0.1, -0.05) is 48.5 Å². The Kier molecular flexibility index (Phi) is 12.3. The Morgan fingerprint density at radius 1 is 0.830 bits per heavy atom. The Morgan fingerprint density at radius 3 is 1.89 bits per heavy atom. The second-order valence-corrected chi connectivity index (χ2v) is 9.14. The number of carboxylic acids is 2. The van der Waals surface area contributed by atoms with Gasteiger partial charge < -0.3 is 21.3 Å². The number of nitrogens with zero attached hydrogens (tertiary/aromatic N) is 2. The first-order valence-corrected chi connectivity index (χ1v) is 12.8. The lowest BCUT2D eigenvalue weighted by Crippen LogP contribution is -2.21. The summed E-state index contributed by atoms with van der Waals surface area (Å²) in [6.45, 7) is 1.86. The predicted octanol–water partition coefficient (Wildman–Crippen LogP) is 6.40. The maximum Gasteiger partial charge on any atom is 0.490 e. The van der Waals surface area contributed by atoms with E-state index < -0.39 is 24.3 Å². The van der Waals surface area contributed by atoms with Crippen molar-refractivity contribution in [1.82, 2.24) is 4.98 Å². The van der Waals surface area contributed by atoms with Crippen molar-refractivity contribution in [2.45, 2.75) is 19.3 Å². The number of hydrogen-bond acceptors (Lipinski definition) is 6. The molecule has 4 aromatic rings. The van der Waals surface area contributed by atoms with E-state index in [1.165, 1.54) is 0 Å². The van der Waals surface area contributed by atoms with Gasteiger partial charge in [-0.25, -0.2) is 9.59 Å². The van der Waals surface area contributed by atoms with Crippen LogP contribution < -0.4 is 11.1 Å². The molecular weight excluding hydrogens is 636 g/mol. The quantitative estimate of drug-likeness (QED) is 0.0924. The number of rotatable bonds is 5. The SMILES string of the molecule is Cc1ccc(C(=O)Nc2ccc(-c3ccccc3C#N)cc2)c(-c2cccc(C(=N)N)c2)n1.O=C(O)C(F)(F)F.O=C(O)C(F)(F)F. The molecule has 6 N–H and O–H groups in total. The molecule has 0 fully saturated rings. The van der Waals surface area contributed by atoms with Crippen LogP contribution >= 0.6 is 0 Å². The third-order valence-electron chi connectivity index (χ3n) is 5.71. The van der Waals surface area contributed by atoms with Crippen molar-refractivity contribution in [3.63, 3.8) is 0 Å². The number of pyridine rings is 1. The summed E-state index contributed by atoms with van der Waals surface area (Å²) in [6.07, 6.45) is -10.2. The van der Waals surface area contributed by atoms with E-state index in [0.717, 1.165) is 16.8 Å². The third kappa shape index (κ3) is 11.0. The normalized spacial score (nSPS) is 10.6. The Labute approximate surface area is 262 Å². The fourth-order valence-corrected chi connectivity index (χ4v) is 3.56. The number of nitrogens with one attached hydrogen (secondary N) is 2. The van der Waals surface area contributed by atoms with E-state index in [2.05, 4.69) is 16.4 Å². The highest BCUT2D eigenvalue weighted by Crippen LogP contribution is 2.27. The summed E-state index contributed by atoms with van der Waals surface area (Å²) in [4.78, 5) is 35.5. The minimum absolute atomic E-state index is 0.0476. The molecule has 1 aromatic heterocycles. The van der Waals surface area contributed by atoms with Gasteiger partial charge in [-0.2, -0.15) is 31.6 Å². The highest BCUT2D eigenvalue weighted by molar-refractivity contribution is 6.08. The van der Waals surface area contributed by atoms with Crippen LogP contribution in [0, 0.1) is 23.7 Å². The Balaban J connectivity index is 0.000000459. The Morgan fingerprint density at radius 2 is 1.38 bits per heavy atom. The average molecular weight is 660 g/mol. The third-order valence-corrected chi connectivity index (χ3v) is 5.71. The Hall–Kier alpha value is -6.24. The minimum atomic E-state index is -5.08. The molecule has 0 spiro atoms. The van der Waals surface area contributed by atoms with E-state index in [4.69, 9.17) is 30.9 Å². The highest BCUT2D eigenvalue weighted by atomic mass is 19.4. The summed E-state index contributed by atoms with van der Waals surface area (Å²) in [7, 11) is 0. The van der Waals surface area contributed by atoms with E-state index >= 15 is 0 Å². The Bertz CT molecular complexity index is 1790. The molecule has 0 saturated heterocycles. The fourth-order valence-electron chi connectivity index (χ4n) is 3.56. The van der Waals surface area contributed by atoms with Crippen molar-refractivity contribution in [2.24, 2.45) is 5.73 Å². The predicted molar refractivity (Wildman–Crippen MR) is 157 cm³/mol. The van der Waals surface area contributed by atoms with Crippen molar-refractivity contribution >= 4 is 29.4 Å². The first-order valence-electron chi connectivity index (χ1n) is 12.8. The number of aryl methyl sites for hydroxylation is 1. The number of anilines is 1. The number of carboxylic acid groups (broad SMARTS) is 2. The van der Waals surface area contributed by atoms with Gasteiger partial charge in [-0.3, -0.25) is 15.2 Å². The molecule has 3 aromatic carbocycles. The first kappa shape index (κ1) is 36.9. The van der Waals surface area contributed by atoms with E-state index in [1.807, 2.05) is 43.3 Å². The number of nitrogens with two attached hydrogens (primary N) is 1. The van der Waals surface area contributed by atoms with Crippen LogP contribution in [0.1, 0.15) is 27.2 Å². The van der Waals surface area contributed by atoms with Gasteiger partial charge in [0.2, 0.25) is 0 Å². The topological polar surface area (TPSA) is 190 Å². The molecule has 244 valence electrons. The zero-order valence-electron chi connectivity index (χ0n) is 23.9. The van der Waals surface area contributed by atoms with Crippen LogP contribution in [0.2, 0.25) is 0 Å². The van der Waals surface area contributed by atoms with Crippen molar-refractivity contribution < 1.29 is 50.9 Å². The minimum Gasteiger partial charge on any atom is -0.475 e. The van der Waals surface area contributed by atoms with Crippen molar-refractivity contribution in [3.8, 4) is 28.5 Å². The number of aromatic nitrogens is 1. The standard InChI is InChI=1S/C27H21N5O.2C2HF3O2/c1-17-9-14-24(25(31-17)19-6-4-7-20(15-19)26(29)30)27(33)32-22-12-10-18(11-13-22)23-8-3-2-5-21(23)16-28;2*3-2(4,5)1(6)7/h2-15H,1H3,(H3,29,30)(H,32,33);2*(H,6,7). The van der Waals surface area contributed by atoms with E-state index in [0.29, 0.717) is 33.6 Å². The molecule has 0 saturated carbocycles. The molecule has 47 heavy (non-hydrogen) atoms. The summed E-state index contributed by atoms with van der Waals surface area (Å²) in [5, 5.41) is 34.2. The van der Waals surface area contributed by atoms with Crippen molar-refractivity contribution in [3.05, 3.63) is 107 Å². The lowest BCUT2D eigenvalue weighted by Gasteiger charge is -2.12. The van der Waals surface area contributed by atoms with Gasteiger partial charge in [0.25, 0.3) is 5.91 Å². The molecule has 0 bridgehead atoms. The summed E-state index contributed by atoms with van der Waals surface area (Å²) in [5.41, 5.74) is 11.6.